The smallest absolute Gasteiger partial charge is 0.242 e. The van der Waals surface area contributed by atoms with Crippen LogP contribution in [0.2, 0.25) is 0 Å². The molecule has 0 bridgehead atoms. The van der Waals surface area contributed by atoms with Crippen molar-refractivity contribution in [1.82, 2.24) is 10.3 Å². The highest BCUT2D eigenvalue weighted by Crippen LogP contribution is 2.20. The van der Waals surface area contributed by atoms with Crippen molar-refractivity contribution in [3.63, 3.8) is 0 Å². The number of nitrogens with one attached hydrogen (secondary N) is 1. The maximum atomic E-state index is 13.1. The Kier molecular flexibility index (Phi) is 3.59. The number of amides is 1. The Morgan fingerprint density at radius 2 is 2.19 bits per heavy atom. The molecule has 1 amide bonds. The number of rotatable bonds is 4. The van der Waals surface area contributed by atoms with Gasteiger partial charge >= 0.3 is 0 Å². The van der Waals surface area contributed by atoms with Crippen LogP contribution in [0, 0.1) is 5.82 Å². The zero-order chi connectivity index (χ0) is 12.3. The molecular formula is C11H16FN3O. The summed E-state index contributed by atoms with van der Waals surface area (Å²) in [6.45, 7) is 5.38. The summed E-state index contributed by atoms with van der Waals surface area (Å²) in [6.07, 6.45) is 2.52. The summed E-state index contributed by atoms with van der Waals surface area (Å²) >= 11 is 0. The van der Waals surface area contributed by atoms with E-state index in [1.54, 1.807) is 6.92 Å². The molecule has 1 aromatic rings. The largest absolute Gasteiger partial charge is 0.368 e. The molecule has 0 aliphatic carbocycles. The van der Waals surface area contributed by atoms with E-state index < -0.39 is 17.3 Å². The fourth-order valence-electron chi connectivity index (χ4n) is 1.56. The predicted octanol–water partition coefficient (Wildman–Crippen LogP) is 0.919. The second-order valence-corrected chi connectivity index (χ2v) is 4.18. The highest BCUT2D eigenvalue weighted by molar-refractivity contribution is 5.85. The number of aromatic nitrogens is 1. The third-order valence-electron chi connectivity index (χ3n) is 2.35. The summed E-state index contributed by atoms with van der Waals surface area (Å²) in [6, 6.07) is 1.30. The van der Waals surface area contributed by atoms with E-state index in [9.17, 15) is 9.18 Å². The lowest BCUT2D eigenvalue weighted by Gasteiger charge is -2.29. The number of hydrogen-bond acceptors (Lipinski definition) is 3. The molecule has 1 heterocycles. The molecule has 0 saturated heterocycles. The van der Waals surface area contributed by atoms with Crippen LogP contribution in [0.5, 0.6) is 0 Å². The minimum Gasteiger partial charge on any atom is -0.368 e. The number of primary amides is 1. The number of pyridine rings is 1. The Morgan fingerprint density at radius 1 is 1.56 bits per heavy atom. The van der Waals surface area contributed by atoms with Crippen LogP contribution in [-0.4, -0.2) is 16.9 Å². The van der Waals surface area contributed by atoms with Gasteiger partial charge in [0.05, 0.1) is 6.20 Å². The van der Waals surface area contributed by atoms with Gasteiger partial charge < -0.3 is 5.73 Å². The van der Waals surface area contributed by atoms with E-state index in [1.807, 2.05) is 13.8 Å². The van der Waals surface area contributed by atoms with Crippen molar-refractivity contribution in [3.8, 4) is 0 Å². The van der Waals surface area contributed by atoms with Crippen LogP contribution in [0.15, 0.2) is 18.5 Å². The molecule has 0 aliphatic heterocycles. The Morgan fingerprint density at radius 3 is 2.62 bits per heavy atom. The molecule has 3 N–H and O–H groups in total. The van der Waals surface area contributed by atoms with Crippen LogP contribution in [0.1, 0.15) is 26.3 Å². The fraction of sp³-hybridized carbons (Fsp3) is 0.455. The van der Waals surface area contributed by atoms with Gasteiger partial charge in [-0.2, -0.15) is 0 Å². The lowest BCUT2D eigenvalue weighted by molar-refractivity contribution is -0.124. The first kappa shape index (κ1) is 12.6. The summed E-state index contributed by atoms with van der Waals surface area (Å²) in [4.78, 5) is 15.2. The second-order valence-electron chi connectivity index (χ2n) is 4.18. The molecule has 0 radical (unpaired) electrons. The van der Waals surface area contributed by atoms with Crippen LogP contribution in [0.25, 0.3) is 0 Å². The standard InChI is InChI=1S/C11H16FN3O/c1-7(2)15-11(3,10(13)16)8-4-9(12)6-14-5-8/h4-7,15H,1-3H3,(H2,13,16). The quantitative estimate of drug-likeness (QED) is 0.800. The van der Waals surface area contributed by atoms with Crippen molar-refractivity contribution >= 4 is 5.91 Å². The number of carbonyl (C=O) groups is 1. The first-order valence-corrected chi connectivity index (χ1v) is 5.05. The van der Waals surface area contributed by atoms with E-state index in [1.165, 1.54) is 12.3 Å². The van der Waals surface area contributed by atoms with Gasteiger partial charge in [-0.15, -0.1) is 0 Å². The molecule has 4 nitrogen and oxygen atoms in total. The topological polar surface area (TPSA) is 68.0 Å². The maximum absolute atomic E-state index is 13.1. The average Bonchev–Trinajstić information content (AvgIpc) is 2.16. The van der Waals surface area contributed by atoms with Crippen molar-refractivity contribution in [2.24, 2.45) is 5.73 Å². The first-order chi connectivity index (χ1) is 7.36. The molecule has 1 unspecified atom stereocenters. The lowest BCUT2D eigenvalue weighted by atomic mass is 9.91. The Labute approximate surface area is 94.1 Å². The Hall–Kier alpha value is -1.49. The van der Waals surface area contributed by atoms with Gasteiger partial charge in [-0.25, -0.2) is 4.39 Å². The summed E-state index contributed by atoms with van der Waals surface area (Å²) < 4.78 is 13.1. The third kappa shape index (κ3) is 2.55. The van der Waals surface area contributed by atoms with E-state index in [4.69, 9.17) is 5.73 Å². The van der Waals surface area contributed by atoms with E-state index in [2.05, 4.69) is 10.3 Å². The lowest BCUT2D eigenvalue weighted by Crippen LogP contribution is -2.53. The van der Waals surface area contributed by atoms with E-state index >= 15 is 0 Å². The van der Waals surface area contributed by atoms with Crippen LogP contribution in [-0.2, 0) is 10.3 Å². The molecule has 1 rings (SSSR count). The number of hydrogen-bond donors (Lipinski definition) is 2. The molecule has 5 heteroatoms. The normalized spacial score (nSPS) is 14.8. The monoisotopic (exact) mass is 225 g/mol. The van der Waals surface area contributed by atoms with E-state index in [-0.39, 0.29) is 6.04 Å². The minimum atomic E-state index is -1.11. The maximum Gasteiger partial charge on any atom is 0.242 e. The zero-order valence-corrected chi connectivity index (χ0v) is 9.62. The highest BCUT2D eigenvalue weighted by Gasteiger charge is 2.34. The van der Waals surface area contributed by atoms with Crippen molar-refractivity contribution in [2.75, 3.05) is 0 Å². The molecule has 1 aromatic heterocycles. The van der Waals surface area contributed by atoms with Gasteiger partial charge in [0.2, 0.25) is 5.91 Å². The van der Waals surface area contributed by atoms with Gasteiger partial charge in [-0.3, -0.25) is 15.1 Å². The van der Waals surface area contributed by atoms with Crippen LogP contribution in [0.4, 0.5) is 4.39 Å². The van der Waals surface area contributed by atoms with Gasteiger partial charge in [0.15, 0.2) is 0 Å². The summed E-state index contributed by atoms with van der Waals surface area (Å²) in [7, 11) is 0. The number of nitrogens with two attached hydrogens (primary N) is 1. The molecule has 1 atom stereocenters. The SMILES string of the molecule is CC(C)NC(C)(C(N)=O)c1cncc(F)c1. The molecular weight excluding hydrogens is 209 g/mol. The van der Waals surface area contributed by atoms with E-state index in [0.717, 1.165) is 6.20 Å². The fourth-order valence-corrected chi connectivity index (χ4v) is 1.56. The van der Waals surface area contributed by atoms with Gasteiger partial charge in [-0.1, -0.05) is 0 Å². The summed E-state index contributed by atoms with van der Waals surface area (Å²) in [5.74, 6) is -1.05. The molecule has 0 spiro atoms. The summed E-state index contributed by atoms with van der Waals surface area (Å²) in [5.41, 5.74) is 4.67. The Balaban J connectivity index is 3.16. The van der Waals surface area contributed by atoms with Crippen LogP contribution in [0.3, 0.4) is 0 Å². The average molecular weight is 225 g/mol. The van der Waals surface area contributed by atoms with Crippen molar-refractivity contribution < 1.29 is 9.18 Å². The molecule has 16 heavy (non-hydrogen) atoms. The van der Waals surface area contributed by atoms with Gasteiger partial charge in [0.25, 0.3) is 0 Å². The third-order valence-corrected chi connectivity index (χ3v) is 2.35. The van der Waals surface area contributed by atoms with Crippen molar-refractivity contribution in [1.29, 1.82) is 0 Å². The number of carbonyl (C=O) groups excluding carboxylic acids is 1. The second kappa shape index (κ2) is 4.57. The van der Waals surface area contributed by atoms with Gasteiger partial charge in [-0.05, 0) is 26.8 Å². The van der Waals surface area contributed by atoms with Gasteiger partial charge in [0.1, 0.15) is 11.4 Å². The van der Waals surface area contributed by atoms with Crippen molar-refractivity contribution in [2.45, 2.75) is 32.4 Å². The summed E-state index contributed by atoms with van der Waals surface area (Å²) in [5, 5.41) is 3.02. The molecule has 0 saturated carbocycles. The molecule has 0 aromatic carbocycles. The van der Waals surface area contributed by atoms with Crippen molar-refractivity contribution in [3.05, 3.63) is 29.8 Å². The number of halogens is 1. The zero-order valence-electron chi connectivity index (χ0n) is 9.62. The first-order valence-electron chi connectivity index (χ1n) is 5.05. The predicted molar refractivity (Wildman–Crippen MR) is 59.0 cm³/mol. The highest BCUT2D eigenvalue weighted by atomic mass is 19.1. The van der Waals surface area contributed by atoms with Crippen LogP contribution < -0.4 is 11.1 Å². The van der Waals surface area contributed by atoms with E-state index in [0.29, 0.717) is 5.56 Å². The molecule has 88 valence electrons. The molecule has 0 aliphatic rings. The van der Waals surface area contributed by atoms with Crippen LogP contribution >= 0.6 is 0 Å². The number of nitrogens with zero attached hydrogens (tertiary/aromatic N) is 1. The minimum absolute atomic E-state index is 0.0424. The molecule has 0 fully saturated rings. The van der Waals surface area contributed by atoms with Gasteiger partial charge in [0, 0.05) is 17.8 Å². The Bertz CT molecular complexity index is 395.